The van der Waals surface area contributed by atoms with Crippen LogP contribution in [0.5, 0.6) is 0 Å². The van der Waals surface area contributed by atoms with E-state index >= 15 is 0 Å². The van der Waals surface area contributed by atoms with Crippen molar-refractivity contribution in [2.75, 3.05) is 37.7 Å². The fourth-order valence-electron chi connectivity index (χ4n) is 4.01. The molecule has 0 bridgehead atoms. The zero-order chi connectivity index (χ0) is 21.5. The minimum Gasteiger partial charge on any atom is -0.370 e. The molecule has 2 N–H and O–H groups in total. The zero-order valence-electron chi connectivity index (χ0n) is 16.4. The molecule has 0 amide bonds. The van der Waals surface area contributed by atoms with E-state index in [1.165, 1.54) is 18.3 Å². The van der Waals surface area contributed by atoms with Gasteiger partial charge in [0.1, 0.15) is 5.03 Å². The number of nitrogens with one attached hydrogen (secondary N) is 2. The molecule has 0 aromatic carbocycles. The van der Waals surface area contributed by atoms with Crippen LogP contribution in [0, 0.1) is 0 Å². The summed E-state index contributed by atoms with van der Waals surface area (Å²) in [6.45, 7) is 3.87. The Morgan fingerprint density at radius 1 is 1.23 bits per heavy atom. The zero-order valence-corrected chi connectivity index (χ0v) is 17.3. The molecule has 31 heavy (non-hydrogen) atoms. The number of nitrogens with zero attached hydrogens (tertiary/aromatic N) is 5. The number of fused-ring (bicyclic) bond motifs is 1. The predicted molar refractivity (Wildman–Crippen MR) is 108 cm³/mol. The molecule has 2 aliphatic rings. The normalized spacial score (nSPS) is 22.4. The molecular formula is C19H20F3N7OS. The second-order valence-electron chi connectivity index (χ2n) is 7.62. The lowest BCUT2D eigenvalue weighted by atomic mass is 9.91. The first-order valence-corrected chi connectivity index (χ1v) is 10.8. The summed E-state index contributed by atoms with van der Waals surface area (Å²) in [5.74, 6) is 0.641. The molecule has 1 unspecified atom stereocenters. The fraction of sp³-hybridized carbons (Fsp3) is 0.474. The van der Waals surface area contributed by atoms with Crippen LogP contribution in [0.25, 0.3) is 11.3 Å². The van der Waals surface area contributed by atoms with Crippen molar-refractivity contribution in [1.82, 2.24) is 30.2 Å². The molecule has 2 fully saturated rings. The number of morpholine rings is 1. The standard InChI is InChI=1S/C19H20F3N7OS/c20-19(21,22)14-12(3-1-5-24-14)31-13-9-25-15-16(26-13)28-17(27-15)29-7-2-4-18(11-29)10-23-6-8-30-18/h1,3,5,9,23H,2,4,6-8,10-11H2,(H,25,26,27,28). The van der Waals surface area contributed by atoms with Crippen LogP contribution >= 0.6 is 11.8 Å². The van der Waals surface area contributed by atoms with E-state index in [1.54, 1.807) is 0 Å². The van der Waals surface area contributed by atoms with Gasteiger partial charge in [-0.15, -0.1) is 0 Å². The molecule has 2 aliphatic heterocycles. The van der Waals surface area contributed by atoms with Crippen LogP contribution in [-0.2, 0) is 10.9 Å². The maximum absolute atomic E-state index is 13.2. The number of pyridine rings is 1. The van der Waals surface area contributed by atoms with E-state index in [1.807, 2.05) is 0 Å². The van der Waals surface area contributed by atoms with Crippen LogP contribution in [0.2, 0.25) is 0 Å². The van der Waals surface area contributed by atoms with Gasteiger partial charge < -0.3 is 19.9 Å². The second kappa shape index (κ2) is 7.92. The largest absolute Gasteiger partial charge is 0.434 e. The van der Waals surface area contributed by atoms with Gasteiger partial charge in [0.2, 0.25) is 5.95 Å². The third kappa shape index (κ3) is 4.19. The Morgan fingerprint density at radius 2 is 2.13 bits per heavy atom. The van der Waals surface area contributed by atoms with Gasteiger partial charge >= 0.3 is 6.18 Å². The molecule has 3 aromatic rings. The number of anilines is 1. The lowest BCUT2D eigenvalue weighted by molar-refractivity contribution is -0.143. The van der Waals surface area contributed by atoms with E-state index in [-0.39, 0.29) is 10.5 Å². The van der Waals surface area contributed by atoms with Gasteiger partial charge in [-0.05, 0) is 25.0 Å². The van der Waals surface area contributed by atoms with Crippen molar-refractivity contribution in [2.24, 2.45) is 0 Å². The van der Waals surface area contributed by atoms with Crippen molar-refractivity contribution in [3.63, 3.8) is 0 Å². The Morgan fingerprint density at radius 3 is 2.94 bits per heavy atom. The SMILES string of the molecule is FC(F)(F)c1ncccc1Sc1cnc2nc(N3CCCC4(CNCCO4)C3)[nH]c2n1. The topological polar surface area (TPSA) is 91.9 Å². The molecule has 5 heterocycles. The van der Waals surface area contributed by atoms with Crippen LogP contribution in [-0.4, -0.2) is 63.3 Å². The van der Waals surface area contributed by atoms with Crippen molar-refractivity contribution >= 4 is 29.0 Å². The molecule has 5 rings (SSSR count). The smallest absolute Gasteiger partial charge is 0.370 e. The molecule has 3 aromatic heterocycles. The number of hydrogen-bond donors (Lipinski definition) is 2. The summed E-state index contributed by atoms with van der Waals surface area (Å²) in [7, 11) is 0. The Labute approximate surface area is 180 Å². The highest BCUT2D eigenvalue weighted by molar-refractivity contribution is 7.99. The number of piperidine rings is 1. The Bertz CT molecular complexity index is 1080. The predicted octanol–water partition coefficient (Wildman–Crippen LogP) is 2.88. The van der Waals surface area contributed by atoms with Gasteiger partial charge in [-0.3, -0.25) is 4.98 Å². The average Bonchev–Trinajstić information content (AvgIpc) is 3.18. The van der Waals surface area contributed by atoms with Crippen molar-refractivity contribution in [2.45, 2.75) is 34.5 Å². The van der Waals surface area contributed by atoms with E-state index in [0.717, 1.165) is 50.4 Å². The minimum absolute atomic E-state index is 0.0247. The number of imidazole rings is 1. The number of halogens is 3. The van der Waals surface area contributed by atoms with Crippen molar-refractivity contribution in [3.8, 4) is 0 Å². The molecule has 0 radical (unpaired) electrons. The average molecular weight is 451 g/mol. The summed E-state index contributed by atoms with van der Waals surface area (Å²) in [5.41, 5.74) is -0.318. The molecule has 2 saturated heterocycles. The molecule has 8 nitrogen and oxygen atoms in total. The van der Waals surface area contributed by atoms with E-state index in [2.05, 4.69) is 35.1 Å². The van der Waals surface area contributed by atoms with Gasteiger partial charge in [0, 0.05) is 30.7 Å². The van der Waals surface area contributed by atoms with E-state index in [0.29, 0.717) is 35.4 Å². The summed E-state index contributed by atoms with van der Waals surface area (Å²) in [6.07, 6.45) is -0.0262. The highest BCUT2D eigenvalue weighted by atomic mass is 32.2. The number of alkyl halides is 3. The van der Waals surface area contributed by atoms with Gasteiger partial charge in [-0.2, -0.15) is 18.2 Å². The Kier molecular flexibility index (Phi) is 5.22. The summed E-state index contributed by atoms with van der Waals surface area (Å²) in [6, 6.07) is 2.84. The van der Waals surface area contributed by atoms with Crippen molar-refractivity contribution in [3.05, 3.63) is 30.2 Å². The third-order valence-corrected chi connectivity index (χ3v) is 6.36. The molecule has 12 heteroatoms. The number of aromatic nitrogens is 5. The van der Waals surface area contributed by atoms with Gasteiger partial charge in [0.25, 0.3) is 0 Å². The molecule has 164 valence electrons. The van der Waals surface area contributed by atoms with Crippen LogP contribution in [0.1, 0.15) is 18.5 Å². The number of H-pyrrole nitrogens is 1. The molecule has 1 atom stereocenters. The lowest BCUT2D eigenvalue weighted by Gasteiger charge is -2.44. The second-order valence-corrected chi connectivity index (χ2v) is 8.69. The van der Waals surface area contributed by atoms with E-state index < -0.39 is 11.9 Å². The van der Waals surface area contributed by atoms with E-state index in [4.69, 9.17) is 4.74 Å². The van der Waals surface area contributed by atoms with Gasteiger partial charge in [0.05, 0.1) is 24.9 Å². The maximum Gasteiger partial charge on any atom is 0.434 e. The molecule has 1 spiro atoms. The van der Waals surface area contributed by atoms with Gasteiger partial charge in [-0.1, -0.05) is 11.8 Å². The Hall–Kier alpha value is -2.44. The summed E-state index contributed by atoms with van der Waals surface area (Å²) in [5, 5.41) is 3.72. The van der Waals surface area contributed by atoms with Gasteiger partial charge in [-0.25, -0.2) is 9.97 Å². The number of aromatic amines is 1. The van der Waals surface area contributed by atoms with Crippen LogP contribution in [0.15, 0.2) is 34.4 Å². The lowest BCUT2D eigenvalue weighted by Crippen LogP contribution is -2.59. The van der Waals surface area contributed by atoms with Crippen LogP contribution < -0.4 is 10.2 Å². The molecule has 0 saturated carbocycles. The first-order chi connectivity index (χ1) is 14.9. The summed E-state index contributed by atoms with van der Waals surface area (Å²) < 4.78 is 45.7. The van der Waals surface area contributed by atoms with Crippen LogP contribution in [0.3, 0.4) is 0 Å². The third-order valence-electron chi connectivity index (χ3n) is 5.40. The highest BCUT2D eigenvalue weighted by Crippen LogP contribution is 2.37. The fourth-order valence-corrected chi connectivity index (χ4v) is 4.89. The van der Waals surface area contributed by atoms with E-state index in [9.17, 15) is 13.2 Å². The van der Waals surface area contributed by atoms with Crippen molar-refractivity contribution < 1.29 is 17.9 Å². The first-order valence-electron chi connectivity index (χ1n) is 9.94. The van der Waals surface area contributed by atoms with Gasteiger partial charge in [0.15, 0.2) is 17.0 Å². The highest BCUT2D eigenvalue weighted by Gasteiger charge is 2.39. The van der Waals surface area contributed by atoms with Crippen LogP contribution in [0.4, 0.5) is 19.1 Å². The Balaban J connectivity index is 1.39. The number of ether oxygens (including phenoxy) is 1. The monoisotopic (exact) mass is 451 g/mol. The molecule has 0 aliphatic carbocycles. The summed E-state index contributed by atoms with van der Waals surface area (Å²) >= 11 is 0.873. The maximum atomic E-state index is 13.2. The minimum atomic E-state index is -4.54. The first kappa shape index (κ1) is 20.5. The number of hydrogen-bond acceptors (Lipinski definition) is 8. The summed E-state index contributed by atoms with van der Waals surface area (Å²) in [4.78, 5) is 22.0. The number of rotatable bonds is 3. The molecular weight excluding hydrogens is 431 g/mol. The quantitative estimate of drug-likeness (QED) is 0.628. The van der Waals surface area contributed by atoms with Crippen molar-refractivity contribution in [1.29, 1.82) is 0 Å².